The first kappa shape index (κ1) is 15.7. The maximum absolute atomic E-state index is 12.5. The molecule has 1 aliphatic carbocycles. The van der Waals surface area contributed by atoms with Crippen molar-refractivity contribution < 1.29 is 4.21 Å². The molecular formula is C17H27NOS. The van der Waals surface area contributed by atoms with Gasteiger partial charge in [-0.3, -0.25) is 0 Å². The molecule has 1 saturated carbocycles. The molecule has 0 aromatic heterocycles. The first-order valence-corrected chi connectivity index (χ1v) is 8.86. The molecule has 3 heteroatoms. The van der Waals surface area contributed by atoms with E-state index in [9.17, 15) is 4.21 Å². The second kappa shape index (κ2) is 6.86. The van der Waals surface area contributed by atoms with E-state index in [1.165, 1.54) is 37.7 Å². The normalized spacial score (nSPS) is 20.6. The molecule has 1 aromatic rings. The van der Waals surface area contributed by atoms with Crippen molar-refractivity contribution in [2.75, 3.05) is 0 Å². The summed E-state index contributed by atoms with van der Waals surface area (Å²) in [5.41, 5.74) is 1.28. The molecule has 0 amide bonds. The molecule has 112 valence electrons. The summed E-state index contributed by atoms with van der Waals surface area (Å²) >= 11 is 0. The summed E-state index contributed by atoms with van der Waals surface area (Å²) in [5.74, 6) is 0.609. The Hall–Kier alpha value is -0.670. The van der Waals surface area contributed by atoms with Gasteiger partial charge < -0.3 is 0 Å². The van der Waals surface area contributed by atoms with Gasteiger partial charge in [0.2, 0.25) is 0 Å². The Balaban J connectivity index is 2.18. The van der Waals surface area contributed by atoms with Crippen LogP contribution < -0.4 is 4.72 Å². The highest BCUT2D eigenvalue weighted by Crippen LogP contribution is 2.35. The van der Waals surface area contributed by atoms with E-state index < -0.39 is 11.0 Å². The lowest BCUT2D eigenvalue weighted by atomic mass is 9.81. The number of benzene rings is 1. The standard InChI is InChI=1S/C17H27NOS/c1-17(2,3)20(19)18-16(14-10-6-4-7-11-14)15-12-8-5-9-13-15/h4,6-7,10-11,15-16,18H,5,8-9,12-13H2,1-3H3/t16-,20-/m1/s1. The lowest BCUT2D eigenvalue weighted by Crippen LogP contribution is -2.39. The zero-order chi connectivity index (χ0) is 14.6. The summed E-state index contributed by atoms with van der Waals surface area (Å²) in [6.07, 6.45) is 6.44. The minimum Gasteiger partial charge on any atom is -0.242 e. The highest BCUT2D eigenvalue weighted by Gasteiger charge is 2.29. The Morgan fingerprint density at radius 1 is 1.10 bits per heavy atom. The zero-order valence-electron chi connectivity index (χ0n) is 12.9. The molecule has 2 rings (SSSR count). The molecule has 1 N–H and O–H groups in total. The van der Waals surface area contributed by atoms with Crippen LogP contribution in [0.1, 0.15) is 64.5 Å². The van der Waals surface area contributed by atoms with Gasteiger partial charge in [-0.25, -0.2) is 8.93 Å². The predicted octanol–water partition coefficient (Wildman–Crippen LogP) is 4.36. The van der Waals surface area contributed by atoms with E-state index in [1.54, 1.807) is 0 Å². The van der Waals surface area contributed by atoms with Gasteiger partial charge in [-0.15, -0.1) is 0 Å². The van der Waals surface area contributed by atoms with E-state index in [1.807, 2.05) is 26.8 Å². The van der Waals surface area contributed by atoms with Gasteiger partial charge in [-0.05, 0) is 45.1 Å². The molecule has 0 heterocycles. The third-order valence-corrected chi connectivity index (χ3v) is 5.65. The van der Waals surface area contributed by atoms with E-state index in [0.29, 0.717) is 5.92 Å². The third kappa shape index (κ3) is 4.16. The lowest BCUT2D eigenvalue weighted by molar-refractivity contribution is 0.295. The molecule has 0 unspecified atom stereocenters. The van der Waals surface area contributed by atoms with Crippen LogP contribution in [0, 0.1) is 5.92 Å². The highest BCUT2D eigenvalue weighted by molar-refractivity contribution is 7.84. The van der Waals surface area contributed by atoms with Gasteiger partial charge in [0.05, 0.1) is 15.7 Å². The Morgan fingerprint density at radius 2 is 1.70 bits per heavy atom. The van der Waals surface area contributed by atoms with Crippen molar-refractivity contribution in [3.63, 3.8) is 0 Å². The largest absolute Gasteiger partial charge is 0.242 e. The molecule has 0 radical (unpaired) electrons. The smallest absolute Gasteiger partial charge is 0.0976 e. The van der Waals surface area contributed by atoms with Crippen LogP contribution in [-0.2, 0) is 11.0 Å². The fourth-order valence-electron chi connectivity index (χ4n) is 2.86. The van der Waals surface area contributed by atoms with Crippen LogP contribution in [0.5, 0.6) is 0 Å². The summed E-state index contributed by atoms with van der Waals surface area (Å²) in [4.78, 5) is 0. The van der Waals surface area contributed by atoms with Crippen LogP contribution >= 0.6 is 0 Å². The molecule has 0 aliphatic heterocycles. The van der Waals surface area contributed by atoms with Gasteiger partial charge in [0.15, 0.2) is 0 Å². The quantitative estimate of drug-likeness (QED) is 0.878. The van der Waals surface area contributed by atoms with Gasteiger partial charge in [-0.2, -0.15) is 0 Å². The van der Waals surface area contributed by atoms with Crippen LogP contribution in [0.25, 0.3) is 0 Å². The number of hydrogen-bond donors (Lipinski definition) is 1. The molecule has 0 spiro atoms. The van der Waals surface area contributed by atoms with Crippen molar-refractivity contribution in [2.45, 2.75) is 63.7 Å². The SMILES string of the molecule is CC(C)(C)[S@@](=O)N[C@H](c1ccccc1)C1CCCCC1. The molecule has 2 atom stereocenters. The molecule has 0 bridgehead atoms. The van der Waals surface area contributed by atoms with Crippen molar-refractivity contribution in [1.29, 1.82) is 0 Å². The molecular weight excluding hydrogens is 266 g/mol. The van der Waals surface area contributed by atoms with Crippen LogP contribution in [-0.4, -0.2) is 8.96 Å². The molecule has 1 aromatic carbocycles. The number of rotatable bonds is 4. The number of hydrogen-bond acceptors (Lipinski definition) is 1. The van der Waals surface area contributed by atoms with Gasteiger partial charge in [0.25, 0.3) is 0 Å². The highest BCUT2D eigenvalue weighted by atomic mass is 32.2. The summed E-state index contributed by atoms with van der Waals surface area (Å²) < 4.78 is 15.7. The average Bonchev–Trinajstić information content (AvgIpc) is 2.45. The van der Waals surface area contributed by atoms with Gasteiger partial charge >= 0.3 is 0 Å². The minimum atomic E-state index is -1.02. The van der Waals surface area contributed by atoms with Crippen molar-refractivity contribution in [1.82, 2.24) is 4.72 Å². The Morgan fingerprint density at radius 3 is 2.25 bits per heavy atom. The summed E-state index contributed by atoms with van der Waals surface area (Å²) in [5, 5.41) is 0. The van der Waals surface area contributed by atoms with Crippen LogP contribution in [0.2, 0.25) is 0 Å². The average molecular weight is 293 g/mol. The maximum atomic E-state index is 12.5. The molecule has 1 aliphatic rings. The van der Waals surface area contributed by atoms with Crippen molar-refractivity contribution >= 4 is 11.0 Å². The zero-order valence-corrected chi connectivity index (χ0v) is 13.7. The van der Waals surface area contributed by atoms with Crippen LogP contribution in [0.3, 0.4) is 0 Å². The summed E-state index contributed by atoms with van der Waals surface area (Å²) in [6, 6.07) is 10.7. The third-order valence-electron chi connectivity index (χ3n) is 4.07. The Bertz CT molecular complexity index is 432. The fourth-order valence-corrected chi connectivity index (χ4v) is 3.77. The minimum absolute atomic E-state index is 0.219. The van der Waals surface area contributed by atoms with E-state index in [-0.39, 0.29) is 10.8 Å². The summed E-state index contributed by atoms with van der Waals surface area (Å²) in [6.45, 7) is 6.08. The van der Waals surface area contributed by atoms with Crippen molar-refractivity contribution in [2.24, 2.45) is 5.92 Å². The fraction of sp³-hybridized carbons (Fsp3) is 0.647. The van der Waals surface area contributed by atoms with Crippen molar-refractivity contribution in [3.05, 3.63) is 35.9 Å². The summed E-state index contributed by atoms with van der Waals surface area (Å²) in [7, 11) is -1.02. The Labute approximate surface area is 125 Å². The van der Waals surface area contributed by atoms with Gasteiger partial charge in [-0.1, -0.05) is 49.6 Å². The number of nitrogens with one attached hydrogen (secondary N) is 1. The Kier molecular flexibility index (Phi) is 5.39. The van der Waals surface area contributed by atoms with E-state index in [4.69, 9.17) is 0 Å². The predicted molar refractivity (Wildman–Crippen MR) is 86.8 cm³/mol. The molecule has 0 saturated heterocycles. The second-order valence-corrected chi connectivity index (χ2v) is 8.78. The first-order valence-electron chi connectivity index (χ1n) is 7.71. The molecule has 2 nitrogen and oxygen atoms in total. The van der Waals surface area contributed by atoms with E-state index in [0.717, 1.165) is 0 Å². The lowest BCUT2D eigenvalue weighted by Gasteiger charge is -2.33. The first-order chi connectivity index (χ1) is 9.48. The monoisotopic (exact) mass is 293 g/mol. The maximum Gasteiger partial charge on any atom is 0.0976 e. The van der Waals surface area contributed by atoms with Crippen LogP contribution in [0.15, 0.2) is 30.3 Å². The molecule has 1 fully saturated rings. The van der Waals surface area contributed by atoms with E-state index in [2.05, 4.69) is 29.0 Å². The second-order valence-electron chi connectivity index (χ2n) is 6.79. The topological polar surface area (TPSA) is 29.1 Å². The van der Waals surface area contributed by atoms with E-state index >= 15 is 0 Å². The van der Waals surface area contributed by atoms with Gasteiger partial charge in [0.1, 0.15) is 0 Å². The van der Waals surface area contributed by atoms with Crippen LogP contribution in [0.4, 0.5) is 0 Å². The van der Waals surface area contributed by atoms with Gasteiger partial charge in [0, 0.05) is 6.04 Å². The molecule has 20 heavy (non-hydrogen) atoms. The van der Waals surface area contributed by atoms with Crippen molar-refractivity contribution in [3.8, 4) is 0 Å².